The van der Waals surface area contributed by atoms with Crippen molar-refractivity contribution in [1.29, 1.82) is 0 Å². The largest absolute Gasteiger partial charge is 0.322 e. The summed E-state index contributed by atoms with van der Waals surface area (Å²) >= 11 is 0. The summed E-state index contributed by atoms with van der Waals surface area (Å²) in [6.07, 6.45) is 2.63. The zero-order chi connectivity index (χ0) is 20.3. The van der Waals surface area contributed by atoms with Gasteiger partial charge in [-0.3, -0.25) is 14.9 Å². The van der Waals surface area contributed by atoms with Crippen LogP contribution in [0.4, 0.5) is 11.4 Å². The number of benzene rings is 2. The molecule has 9 heteroatoms. The molecule has 3 rings (SSSR count). The molecule has 1 saturated heterocycles. The van der Waals surface area contributed by atoms with Crippen LogP contribution in [0.1, 0.15) is 36.5 Å². The lowest BCUT2D eigenvalue weighted by Crippen LogP contribution is -2.41. The molecule has 0 spiro atoms. The Balaban J connectivity index is 1.83. The third kappa shape index (κ3) is 4.20. The van der Waals surface area contributed by atoms with E-state index in [0.717, 1.165) is 19.3 Å². The van der Waals surface area contributed by atoms with Gasteiger partial charge in [0.05, 0.1) is 9.82 Å². The fourth-order valence-electron chi connectivity index (χ4n) is 3.26. The Morgan fingerprint density at radius 2 is 1.93 bits per heavy atom. The van der Waals surface area contributed by atoms with Gasteiger partial charge in [0, 0.05) is 36.0 Å². The summed E-state index contributed by atoms with van der Waals surface area (Å²) in [6, 6.07) is 11.3. The van der Waals surface area contributed by atoms with E-state index in [4.69, 9.17) is 0 Å². The van der Waals surface area contributed by atoms with E-state index >= 15 is 0 Å². The number of rotatable bonds is 5. The molecule has 148 valence electrons. The molecule has 0 aliphatic carbocycles. The molecule has 1 heterocycles. The van der Waals surface area contributed by atoms with Gasteiger partial charge in [-0.05, 0) is 44.0 Å². The number of nitro groups is 1. The highest BCUT2D eigenvalue weighted by molar-refractivity contribution is 7.89. The van der Waals surface area contributed by atoms with Gasteiger partial charge in [0.1, 0.15) is 0 Å². The maximum Gasteiger partial charge on any atom is 0.271 e. The second kappa shape index (κ2) is 8.07. The number of anilines is 1. The quantitative estimate of drug-likeness (QED) is 0.608. The van der Waals surface area contributed by atoms with Crippen LogP contribution >= 0.6 is 0 Å². The monoisotopic (exact) mass is 403 g/mol. The minimum Gasteiger partial charge on any atom is -0.322 e. The van der Waals surface area contributed by atoms with Crippen LogP contribution in [-0.2, 0) is 10.0 Å². The third-order valence-corrected chi connectivity index (χ3v) is 6.77. The average Bonchev–Trinajstić information content (AvgIpc) is 2.68. The SMILES string of the molecule is C[C@H]1CCCCN1S(=O)(=O)c1cccc(C(=O)Nc2cccc([N+](=O)[O-])c2)c1. The van der Waals surface area contributed by atoms with Crippen molar-refractivity contribution < 1.29 is 18.1 Å². The Labute approximate surface area is 163 Å². The van der Waals surface area contributed by atoms with Gasteiger partial charge in [-0.25, -0.2) is 8.42 Å². The summed E-state index contributed by atoms with van der Waals surface area (Å²) in [7, 11) is -3.69. The number of nitrogens with one attached hydrogen (secondary N) is 1. The van der Waals surface area contributed by atoms with E-state index in [2.05, 4.69) is 5.32 Å². The summed E-state index contributed by atoms with van der Waals surface area (Å²) < 4.78 is 27.4. The Morgan fingerprint density at radius 1 is 1.18 bits per heavy atom. The lowest BCUT2D eigenvalue weighted by atomic mass is 10.1. The highest BCUT2D eigenvalue weighted by atomic mass is 32.2. The Kier molecular flexibility index (Phi) is 5.76. The van der Waals surface area contributed by atoms with Gasteiger partial charge in [0.2, 0.25) is 10.0 Å². The standard InChI is InChI=1S/C19H21N3O5S/c1-14-6-2-3-11-21(14)28(26,27)18-10-4-7-15(12-18)19(23)20-16-8-5-9-17(13-16)22(24)25/h4-5,7-10,12-14H,2-3,6,11H2,1H3,(H,20,23)/t14-/m0/s1. The van der Waals surface area contributed by atoms with Gasteiger partial charge in [0.15, 0.2) is 0 Å². The fraction of sp³-hybridized carbons (Fsp3) is 0.316. The number of carbonyl (C=O) groups excluding carboxylic acids is 1. The van der Waals surface area contributed by atoms with Crippen LogP contribution in [0.5, 0.6) is 0 Å². The van der Waals surface area contributed by atoms with Crippen LogP contribution in [-0.4, -0.2) is 36.1 Å². The zero-order valence-electron chi connectivity index (χ0n) is 15.4. The highest BCUT2D eigenvalue weighted by Gasteiger charge is 2.31. The molecule has 1 aliphatic heterocycles. The minimum atomic E-state index is -3.69. The van der Waals surface area contributed by atoms with Gasteiger partial charge in [-0.1, -0.05) is 18.6 Å². The normalized spacial score (nSPS) is 17.8. The number of piperidine rings is 1. The summed E-state index contributed by atoms with van der Waals surface area (Å²) in [4.78, 5) is 22.9. The maximum atomic E-state index is 13.0. The number of carbonyl (C=O) groups is 1. The molecule has 0 saturated carbocycles. The lowest BCUT2D eigenvalue weighted by Gasteiger charge is -2.32. The van der Waals surface area contributed by atoms with Gasteiger partial charge in [-0.15, -0.1) is 0 Å². The molecule has 0 radical (unpaired) electrons. The average molecular weight is 403 g/mol. The number of hydrogen-bond donors (Lipinski definition) is 1. The summed E-state index contributed by atoms with van der Waals surface area (Å²) in [6.45, 7) is 2.35. The van der Waals surface area contributed by atoms with E-state index in [1.165, 1.54) is 52.8 Å². The Bertz CT molecular complexity index is 1010. The Hall–Kier alpha value is -2.78. The fourth-order valence-corrected chi connectivity index (χ4v) is 5.01. The predicted octanol–water partition coefficient (Wildman–Crippen LogP) is 3.41. The van der Waals surface area contributed by atoms with Crippen molar-refractivity contribution in [1.82, 2.24) is 4.31 Å². The van der Waals surface area contributed by atoms with Crippen LogP contribution in [0.3, 0.4) is 0 Å². The van der Waals surface area contributed by atoms with Crippen molar-refractivity contribution >= 4 is 27.3 Å². The molecule has 0 unspecified atom stereocenters. The maximum absolute atomic E-state index is 13.0. The summed E-state index contributed by atoms with van der Waals surface area (Å²) in [5, 5.41) is 13.4. The molecule has 0 bridgehead atoms. The Morgan fingerprint density at radius 3 is 2.64 bits per heavy atom. The molecule has 8 nitrogen and oxygen atoms in total. The highest BCUT2D eigenvalue weighted by Crippen LogP contribution is 2.26. The number of nitrogens with zero attached hydrogens (tertiary/aromatic N) is 2. The van der Waals surface area contributed by atoms with E-state index in [1.54, 1.807) is 0 Å². The first-order chi connectivity index (χ1) is 13.3. The van der Waals surface area contributed by atoms with Crippen molar-refractivity contribution in [2.24, 2.45) is 0 Å². The molecule has 28 heavy (non-hydrogen) atoms. The van der Waals surface area contributed by atoms with Crippen molar-refractivity contribution in [3.8, 4) is 0 Å². The van der Waals surface area contributed by atoms with E-state index in [1.807, 2.05) is 6.92 Å². The number of nitro benzene ring substituents is 1. The van der Waals surface area contributed by atoms with Gasteiger partial charge >= 0.3 is 0 Å². The van der Waals surface area contributed by atoms with E-state index in [0.29, 0.717) is 6.54 Å². The lowest BCUT2D eigenvalue weighted by molar-refractivity contribution is -0.384. The van der Waals surface area contributed by atoms with E-state index < -0.39 is 20.9 Å². The van der Waals surface area contributed by atoms with Crippen molar-refractivity contribution in [3.63, 3.8) is 0 Å². The van der Waals surface area contributed by atoms with E-state index in [9.17, 15) is 23.3 Å². The van der Waals surface area contributed by atoms with Crippen LogP contribution < -0.4 is 5.32 Å². The first kappa shape index (κ1) is 20.0. The van der Waals surface area contributed by atoms with E-state index in [-0.39, 0.29) is 27.9 Å². The first-order valence-electron chi connectivity index (χ1n) is 8.97. The molecular weight excluding hydrogens is 382 g/mol. The van der Waals surface area contributed by atoms with Crippen LogP contribution in [0, 0.1) is 10.1 Å². The van der Waals surface area contributed by atoms with Crippen LogP contribution in [0.2, 0.25) is 0 Å². The molecule has 1 amide bonds. The van der Waals surface area contributed by atoms with Gasteiger partial charge in [-0.2, -0.15) is 4.31 Å². The molecule has 1 N–H and O–H groups in total. The molecule has 2 aromatic rings. The summed E-state index contributed by atoms with van der Waals surface area (Å²) in [5.41, 5.74) is 0.280. The first-order valence-corrected chi connectivity index (χ1v) is 10.4. The molecule has 0 aromatic heterocycles. The zero-order valence-corrected chi connectivity index (χ0v) is 16.2. The number of hydrogen-bond acceptors (Lipinski definition) is 5. The molecule has 2 aromatic carbocycles. The van der Waals surface area contributed by atoms with Crippen LogP contribution in [0.25, 0.3) is 0 Å². The summed E-state index contributed by atoms with van der Waals surface area (Å²) in [5.74, 6) is -0.538. The molecule has 1 atom stereocenters. The molecule has 1 fully saturated rings. The third-order valence-electron chi connectivity index (χ3n) is 4.76. The minimum absolute atomic E-state index is 0.0629. The topological polar surface area (TPSA) is 110 Å². The van der Waals surface area contributed by atoms with Crippen molar-refractivity contribution in [2.75, 3.05) is 11.9 Å². The number of sulfonamides is 1. The van der Waals surface area contributed by atoms with Gasteiger partial charge < -0.3 is 5.32 Å². The number of amides is 1. The predicted molar refractivity (Wildman–Crippen MR) is 105 cm³/mol. The number of non-ortho nitro benzene ring substituents is 1. The second-order valence-electron chi connectivity index (χ2n) is 6.75. The van der Waals surface area contributed by atoms with Gasteiger partial charge in [0.25, 0.3) is 11.6 Å². The molecule has 1 aliphatic rings. The smallest absolute Gasteiger partial charge is 0.271 e. The van der Waals surface area contributed by atoms with Crippen molar-refractivity contribution in [2.45, 2.75) is 37.1 Å². The van der Waals surface area contributed by atoms with Crippen molar-refractivity contribution in [3.05, 3.63) is 64.2 Å². The van der Waals surface area contributed by atoms with Crippen LogP contribution in [0.15, 0.2) is 53.4 Å². The second-order valence-corrected chi connectivity index (χ2v) is 8.64. The molecular formula is C19H21N3O5S.